The zero-order valence-electron chi connectivity index (χ0n) is 14.7. The third-order valence-electron chi connectivity index (χ3n) is 4.84. The van der Waals surface area contributed by atoms with E-state index in [1.807, 2.05) is 24.3 Å². The number of urea groups is 1. The summed E-state index contributed by atoms with van der Waals surface area (Å²) in [6.45, 7) is 5.50. The van der Waals surface area contributed by atoms with E-state index in [2.05, 4.69) is 15.5 Å². The Balaban J connectivity index is 1.52. The molecular formula is C18H27N3O4. The number of nitrogens with one attached hydrogen (secondary N) is 2. The summed E-state index contributed by atoms with van der Waals surface area (Å²) in [5, 5.41) is 5.88. The lowest BCUT2D eigenvalue weighted by molar-refractivity contribution is 0.00222. The molecule has 2 fully saturated rings. The van der Waals surface area contributed by atoms with E-state index in [1.165, 1.54) is 0 Å². The van der Waals surface area contributed by atoms with Gasteiger partial charge in [-0.15, -0.1) is 0 Å². The van der Waals surface area contributed by atoms with Crippen molar-refractivity contribution in [3.05, 3.63) is 24.3 Å². The van der Waals surface area contributed by atoms with Gasteiger partial charge < -0.3 is 24.8 Å². The van der Waals surface area contributed by atoms with Gasteiger partial charge in [-0.25, -0.2) is 4.79 Å². The third kappa shape index (κ3) is 5.07. The molecule has 7 heteroatoms. The van der Waals surface area contributed by atoms with Crippen LogP contribution in [0.5, 0.6) is 5.75 Å². The fourth-order valence-electron chi connectivity index (χ4n) is 3.41. The van der Waals surface area contributed by atoms with Crippen LogP contribution >= 0.6 is 0 Å². The van der Waals surface area contributed by atoms with Gasteiger partial charge in [0.25, 0.3) is 0 Å². The minimum absolute atomic E-state index is 0.192. The molecule has 2 amide bonds. The van der Waals surface area contributed by atoms with Crippen molar-refractivity contribution in [3.8, 4) is 5.75 Å². The van der Waals surface area contributed by atoms with Crippen molar-refractivity contribution in [2.24, 2.45) is 5.92 Å². The van der Waals surface area contributed by atoms with Crippen LogP contribution in [-0.4, -0.2) is 70.1 Å². The molecule has 0 saturated carbocycles. The molecule has 0 aliphatic carbocycles. The van der Waals surface area contributed by atoms with Crippen molar-refractivity contribution in [2.45, 2.75) is 12.5 Å². The number of carbonyl (C=O) groups excluding carboxylic acids is 1. The van der Waals surface area contributed by atoms with Crippen molar-refractivity contribution in [1.82, 2.24) is 10.2 Å². The minimum Gasteiger partial charge on any atom is -0.497 e. The Hall–Kier alpha value is -1.83. The summed E-state index contributed by atoms with van der Waals surface area (Å²) in [5.41, 5.74) is 0.741. The van der Waals surface area contributed by atoms with Gasteiger partial charge in [0, 0.05) is 43.9 Å². The molecule has 0 bridgehead atoms. The number of morpholine rings is 1. The van der Waals surface area contributed by atoms with Crippen LogP contribution in [0.25, 0.3) is 0 Å². The number of carbonyl (C=O) groups is 1. The molecule has 25 heavy (non-hydrogen) atoms. The lowest BCUT2D eigenvalue weighted by Crippen LogP contribution is -2.52. The molecule has 2 saturated heterocycles. The highest BCUT2D eigenvalue weighted by Gasteiger charge is 2.31. The molecule has 1 aromatic rings. The van der Waals surface area contributed by atoms with Gasteiger partial charge in [0.2, 0.25) is 0 Å². The summed E-state index contributed by atoms with van der Waals surface area (Å²) in [7, 11) is 1.62. The van der Waals surface area contributed by atoms with E-state index in [0.29, 0.717) is 12.5 Å². The Morgan fingerprint density at radius 2 is 2.00 bits per heavy atom. The predicted octanol–water partition coefficient (Wildman–Crippen LogP) is 1.55. The number of hydrogen-bond donors (Lipinski definition) is 2. The van der Waals surface area contributed by atoms with Crippen molar-refractivity contribution in [2.75, 3.05) is 58.5 Å². The second kappa shape index (κ2) is 9.03. The summed E-state index contributed by atoms with van der Waals surface area (Å²) in [5.74, 6) is 1.22. The van der Waals surface area contributed by atoms with E-state index in [-0.39, 0.29) is 12.1 Å². The SMILES string of the molecule is COc1ccc(NC(=O)NC[C@@H]([C@H]2CCOC2)N2CCOCC2)cc1. The van der Waals surface area contributed by atoms with Crippen LogP contribution in [0.1, 0.15) is 6.42 Å². The molecule has 0 aromatic heterocycles. The average Bonchev–Trinajstić information content (AvgIpc) is 3.18. The zero-order valence-corrected chi connectivity index (χ0v) is 14.7. The van der Waals surface area contributed by atoms with Gasteiger partial charge in [0.15, 0.2) is 0 Å². The minimum atomic E-state index is -0.192. The van der Waals surface area contributed by atoms with Gasteiger partial charge in [-0.3, -0.25) is 4.90 Å². The standard InChI is InChI=1S/C18H27N3O4/c1-23-16-4-2-15(3-5-16)20-18(22)19-12-17(14-6-9-25-13-14)21-7-10-24-11-8-21/h2-5,14,17H,6-13H2,1H3,(H2,19,20,22)/t14-,17-/m0/s1. The molecule has 138 valence electrons. The van der Waals surface area contributed by atoms with Crippen molar-refractivity contribution < 1.29 is 19.0 Å². The first kappa shape index (κ1) is 18.0. The first-order chi connectivity index (χ1) is 12.3. The van der Waals surface area contributed by atoms with E-state index in [9.17, 15) is 4.79 Å². The van der Waals surface area contributed by atoms with E-state index >= 15 is 0 Å². The maximum absolute atomic E-state index is 12.2. The van der Waals surface area contributed by atoms with E-state index in [0.717, 1.165) is 57.4 Å². The number of hydrogen-bond acceptors (Lipinski definition) is 5. The number of amides is 2. The molecule has 2 atom stereocenters. The van der Waals surface area contributed by atoms with Crippen molar-refractivity contribution in [3.63, 3.8) is 0 Å². The zero-order chi connectivity index (χ0) is 17.5. The highest BCUT2D eigenvalue weighted by Crippen LogP contribution is 2.22. The quantitative estimate of drug-likeness (QED) is 0.815. The van der Waals surface area contributed by atoms with E-state index < -0.39 is 0 Å². The largest absolute Gasteiger partial charge is 0.497 e. The third-order valence-corrected chi connectivity index (χ3v) is 4.84. The maximum Gasteiger partial charge on any atom is 0.319 e. The Bertz CT molecular complexity index is 540. The molecule has 3 rings (SSSR count). The van der Waals surface area contributed by atoms with Crippen LogP contribution in [0.15, 0.2) is 24.3 Å². The summed E-state index contributed by atoms with van der Waals surface area (Å²) < 4.78 is 16.1. The summed E-state index contributed by atoms with van der Waals surface area (Å²) >= 11 is 0. The van der Waals surface area contributed by atoms with Gasteiger partial charge in [-0.1, -0.05) is 0 Å². The molecule has 2 aliphatic rings. The van der Waals surface area contributed by atoms with Crippen LogP contribution in [0.3, 0.4) is 0 Å². The van der Waals surface area contributed by atoms with Gasteiger partial charge in [-0.05, 0) is 30.7 Å². The number of benzene rings is 1. The molecule has 0 unspecified atom stereocenters. The topological polar surface area (TPSA) is 72.1 Å². The fraction of sp³-hybridized carbons (Fsp3) is 0.611. The highest BCUT2D eigenvalue weighted by atomic mass is 16.5. The van der Waals surface area contributed by atoms with E-state index in [1.54, 1.807) is 7.11 Å². The second-order valence-corrected chi connectivity index (χ2v) is 6.40. The lowest BCUT2D eigenvalue weighted by atomic mass is 9.97. The Kier molecular flexibility index (Phi) is 6.49. The fourth-order valence-corrected chi connectivity index (χ4v) is 3.41. The van der Waals surface area contributed by atoms with E-state index in [4.69, 9.17) is 14.2 Å². The van der Waals surface area contributed by atoms with Crippen molar-refractivity contribution in [1.29, 1.82) is 0 Å². The first-order valence-corrected chi connectivity index (χ1v) is 8.84. The van der Waals surface area contributed by atoms with Gasteiger partial charge >= 0.3 is 6.03 Å². The lowest BCUT2D eigenvalue weighted by Gasteiger charge is -2.37. The molecule has 7 nitrogen and oxygen atoms in total. The Morgan fingerprint density at radius 3 is 2.64 bits per heavy atom. The van der Waals surface area contributed by atoms with Gasteiger partial charge in [0.05, 0.1) is 26.9 Å². The molecule has 0 spiro atoms. The Labute approximate surface area is 148 Å². The predicted molar refractivity (Wildman–Crippen MR) is 95.1 cm³/mol. The monoisotopic (exact) mass is 349 g/mol. The summed E-state index contributed by atoms with van der Waals surface area (Å²) in [6.07, 6.45) is 1.05. The van der Waals surface area contributed by atoms with Gasteiger partial charge in [-0.2, -0.15) is 0 Å². The number of methoxy groups -OCH3 is 1. The normalized spacial score (nSPS) is 22.4. The second-order valence-electron chi connectivity index (χ2n) is 6.40. The maximum atomic E-state index is 12.2. The average molecular weight is 349 g/mol. The van der Waals surface area contributed by atoms with Crippen LogP contribution in [0, 0.1) is 5.92 Å². The van der Waals surface area contributed by atoms with Gasteiger partial charge in [0.1, 0.15) is 5.75 Å². The molecular weight excluding hydrogens is 322 g/mol. The van der Waals surface area contributed by atoms with Crippen LogP contribution in [0.4, 0.5) is 10.5 Å². The smallest absolute Gasteiger partial charge is 0.319 e. The number of ether oxygens (including phenoxy) is 3. The number of rotatable bonds is 6. The number of nitrogens with zero attached hydrogens (tertiary/aromatic N) is 1. The summed E-state index contributed by atoms with van der Waals surface area (Å²) in [4.78, 5) is 14.7. The molecule has 2 N–H and O–H groups in total. The summed E-state index contributed by atoms with van der Waals surface area (Å²) in [6, 6.07) is 7.38. The molecule has 1 aromatic carbocycles. The molecule has 2 heterocycles. The van der Waals surface area contributed by atoms with Crippen LogP contribution in [0.2, 0.25) is 0 Å². The number of anilines is 1. The Morgan fingerprint density at radius 1 is 1.24 bits per heavy atom. The molecule has 0 radical (unpaired) electrons. The first-order valence-electron chi connectivity index (χ1n) is 8.84. The van der Waals surface area contributed by atoms with Crippen LogP contribution < -0.4 is 15.4 Å². The van der Waals surface area contributed by atoms with Crippen molar-refractivity contribution >= 4 is 11.7 Å². The highest BCUT2D eigenvalue weighted by molar-refractivity contribution is 5.89. The molecule has 2 aliphatic heterocycles. The van der Waals surface area contributed by atoms with Crippen LogP contribution in [-0.2, 0) is 9.47 Å².